The molecule has 0 radical (unpaired) electrons. The number of nitrogens with zero attached hydrogens (tertiary/aromatic N) is 3. The van der Waals surface area contributed by atoms with Crippen LogP contribution in [-0.2, 0) is 19.4 Å². The van der Waals surface area contributed by atoms with Crippen LogP contribution in [0.5, 0.6) is 0 Å². The molecular weight excluding hydrogens is 212 g/mol. The molecule has 0 saturated carbocycles. The van der Waals surface area contributed by atoms with Crippen LogP contribution in [0.4, 0.5) is 0 Å². The van der Waals surface area contributed by atoms with Crippen LogP contribution in [0.15, 0.2) is 0 Å². The number of hydrogen-bond acceptors (Lipinski definition) is 3. The van der Waals surface area contributed by atoms with E-state index in [0.717, 1.165) is 25.1 Å². The Balaban J connectivity index is 2.81. The zero-order chi connectivity index (χ0) is 12.8. The molecule has 4 heteroatoms. The lowest BCUT2D eigenvalue weighted by atomic mass is 10.0. The van der Waals surface area contributed by atoms with Crippen LogP contribution in [-0.4, -0.2) is 21.5 Å². The van der Waals surface area contributed by atoms with Crippen LogP contribution in [0, 0.1) is 11.8 Å². The van der Waals surface area contributed by atoms with E-state index < -0.39 is 0 Å². The van der Waals surface area contributed by atoms with Crippen molar-refractivity contribution in [3.8, 4) is 0 Å². The zero-order valence-corrected chi connectivity index (χ0v) is 11.6. The predicted octanol–water partition coefficient (Wildman–Crippen LogP) is 2.02. The van der Waals surface area contributed by atoms with E-state index in [-0.39, 0.29) is 0 Å². The molecule has 0 bridgehead atoms. The van der Waals surface area contributed by atoms with Gasteiger partial charge < -0.3 is 5.73 Å². The van der Waals surface area contributed by atoms with Gasteiger partial charge in [0.1, 0.15) is 0 Å². The molecule has 0 aliphatic rings. The normalized spacial score (nSPS) is 11.7. The lowest BCUT2D eigenvalue weighted by Gasteiger charge is -2.11. The third-order valence-corrected chi connectivity index (χ3v) is 2.80. The summed E-state index contributed by atoms with van der Waals surface area (Å²) in [6.07, 6.45) is 3.08. The first kappa shape index (κ1) is 14.2. The Hall–Kier alpha value is -0.900. The van der Waals surface area contributed by atoms with Crippen molar-refractivity contribution in [2.24, 2.45) is 17.6 Å². The van der Waals surface area contributed by atoms with Crippen molar-refractivity contribution in [1.29, 1.82) is 0 Å². The minimum atomic E-state index is 0.597. The average molecular weight is 238 g/mol. The Morgan fingerprint density at radius 2 is 1.82 bits per heavy atom. The molecule has 1 aromatic rings. The van der Waals surface area contributed by atoms with Crippen molar-refractivity contribution in [3.05, 3.63) is 11.4 Å². The largest absolute Gasteiger partial charge is 0.330 e. The van der Waals surface area contributed by atoms with Crippen LogP contribution >= 0.6 is 0 Å². The summed E-state index contributed by atoms with van der Waals surface area (Å²) in [4.78, 5) is 0. The fourth-order valence-electron chi connectivity index (χ4n) is 1.89. The molecule has 1 aromatic heterocycles. The first-order valence-corrected chi connectivity index (χ1v) is 6.65. The molecule has 0 amide bonds. The van der Waals surface area contributed by atoms with Crippen LogP contribution in [0.2, 0.25) is 0 Å². The summed E-state index contributed by atoms with van der Waals surface area (Å²) in [7, 11) is 0. The van der Waals surface area contributed by atoms with E-state index in [1.807, 2.05) is 0 Å². The highest BCUT2D eigenvalue weighted by Crippen LogP contribution is 2.14. The molecule has 0 spiro atoms. The van der Waals surface area contributed by atoms with Gasteiger partial charge in [-0.25, -0.2) is 4.68 Å². The van der Waals surface area contributed by atoms with Crippen LogP contribution < -0.4 is 5.73 Å². The van der Waals surface area contributed by atoms with E-state index in [0.29, 0.717) is 18.4 Å². The van der Waals surface area contributed by atoms with Crippen molar-refractivity contribution in [2.45, 2.75) is 53.5 Å². The second-order valence-electron chi connectivity index (χ2n) is 5.53. The topological polar surface area (TPSA) is 56.7 Å². The standard InChI is InChI=1S/C13H26N4/c1-10(2)5-6-13-12(7-8-14)15-16-17(13)9-11(3)4/h10-11H,5-9,14H2,1-4H3. The second-order valence-corrected chi connectivity index (χ2v) is 5.53. The molecule has 0 saturated heterocycles. The molecule has 0 atom stereocenters. The maximum absolute atomic E-state index is 5.62. The summed E-state index contributed by atoms with van der Waals surface area (Å²) in [5.41, 5.74) is 8.00. The highest BCUT2D eigenvalue weighted by Gasteiger charge is 2.13. The minimum absolute atomic E-state index is 0.597. The SMILES string of the molecule is CC(C)CCc1c(CCN)nnn1CC(C)C. The Bertz CT molecular complexity index is 328. The quantitative estimate of drug-likeness (QED) is 0.790. The highest BCUT2D eigenvalue weighted by molar-refractivity contribution is 5.11. The zero-order valence-electron chi connectivity index (χ0n) is 11.6. The molecule has 1 heterocycles. The Morgan fingerprint density at radius 1 is 1.12 bits per heavy atom. The first-order chi connectivity index (χ1) is 8.04. The Kier molecular flexibility index (Phi) is 5.62. The summed E-state index contributed by atoms with van der Waals surface area (Å²) in [5.74, 6) is 1.31. The molecule has 1 rings (SSSR count). The molecule has 0 aromatic carbocycles. The molecule has 98 valence electrons. The van der Waals surface area contributed by atoms with Gasteiger partial charge in [0.2, 0.25) is 0 Å². The van der Waals surface area contributed by atoms with E-state index in [1.54, 1.807) is 0 Å². The van der Waals surface area contributed by atoms with E-state index in [4.69, 9.17) is 5.73 Å². The van der Waals surface area contributed by atoms with Crippen molar-refractivity contribution in [1.82, 2.24) is 15.0 Å². The van der Waals surface area contributed by atoms with Crippen molar-refractivity contribution in [3.63, 3.8) is 0 Å². The monoisotopic (exact) mass is 238 g/mol. The Morgan fingerprint density at radius 3 is 2.35 bits per heavy atom. The van der Waals surface area contributed by atoms with Gasteiger partial charge in [-0.2, -0.15) is 0 Å². The third-order valence-electron chi connectivity index (χ3n) is 2.80. The summed E-state index contributed by atoms with van der Waals surface area (Å²) >= 11 is 0. The first-order valence-electron chi connectivity index (χ1n) is 6.65. The fourth-order valence-corrected chi connectivity index (χ4v) is 1.89. The molecule has 0 aliphatic heterocycles. The lowest BCUT2D eigenvalue weighted by molar-refractivity contribution is 0.450. The van der Waals surface area contributed by atoms with Crippen molar-refractivity contribution < 1.29 is 0 Å². The summed E-state index contributed by atoms with van der Waals surface area (Å²) < 4.78 is 2.07. The maximum atomic E-state index is 5.62. The predicted molar refractivity (Wildman–Crippen MR) is 70.8 cm³/mol. The summed E-state index contributed by atoms with van der Waals surface area (Å²) in [6.45, 7) is 10.5. The summed E-state index contributed by atoms with van der Waals surface area (Å²) in [6, 6.07) is 0. The van der Waals surface area contributed by atoms with Gasteiger partial charge in [0.15, 0.2) is 0 Å². The molecule has 0 unspecified atom stereocenters. The van der Waals surface area contributed by atoms with Gasteiger partial charge in [-0.15, -0.1) is 5.10 Å². The van der Waals surface area contributed by atoms with Crippen molar-refractivity contribution in [2.75, 3.05) is 6.54 Å². The van der Waals surface area contributed by atoms with Gasteiger partial charge in [0.05, 0.1) is 11.4 Å². The average Bonchev–Trinajstić information content (AvgIpc) is 2.58. The van der Waals surface area contributed by atoms with Gasteiger partial charge in [0, 0.05) is 13.0 Å². The van der Waals surface area contributed by atoms with Gasteiger partial charge in [-0.1, -0.05) is 32.9 Å². The lowest BCUT2D eigenvalue weighted by Crippen LogP contribution is -2.12. The Labute approximate surface area is 105 Å². The highest BCUT2D eigenvalue weighted by atomic mass is 15.4. The molecule has 0 aliphatic carbocycles. The van der Waals surface area contributed by atoms with Crippen molar-refractivity contribution >= 4 is 0 Å². The third kappa shape index (κ3) is 4.46. The number of nitrogens with two attached hydrogens (primary N) is 1. The van der Waals surface area contributed by atoms with E-state index >= 15 is 0 Å². The van der Waals surface area contributed by atoms with E-state index in [2.05, 4.69) is 42.7 Å². The van der Waals surface area contributed by atoms with Gasteiger partial charge in [-0.3, -0.25) is 0 Å². The summed E-state index contributed by atoms with van der Waals surface area (Å²) in [5, 5.41) is 8.53. The van der Waals surface area contributed by atoms with Crippen LogP contribution in [0.25, 0.3) is 0 Å². The van der Waals surface area contributed by atoms with E-state index in [1.165, 1.54) is 12.1 Å². The number of hydrogen-bond donors (Lipinski definition) is 1. The van der Waals surface area contributed by atoms with Gasteiger partial charge >= 0.3 is 0 Å². The van der Waals surface area contributed by atoms with Crippen LogP contribution in [0.3, 0.4) is 0 Å². The van der Waals surface area contributed by atoms with Gasteiger partial charge in [0.25, 0.3) is 0 Å². The molecular formula is C13H26N4. The molecule has 2 N–H and O–H groups in total. The maximum Gasteiger partial charge on any atom is 0.0871 e. The molecule has 0 fully saturated rings. The smallest absolute Gasteiger partial charge is 0.0871 e. The van der Waals surface area contributed by atoms with E-state index in [9.17, 15) is 0 Å². The van der Waals surface area contributed by atoms with Crippen LogP contribution in [0.1, 0.15) is 45.5 Å². The number of aromatic nitrogens is 3. The molecule has 4 nitrogen and oxygen atoms in total. The van der Waals surface area contributed by atoms with Gasteiger partial charge in [-0.05, 0) is 31.2 Å². The second kappa shape index (κ2) is 6.74. The number of rotatable bonds is 7. The molecule has 17 heavy (non-hydrogen) atoms. The fraction of sp³-hybridized carbons (Fsp3) is 0.846. The minimum Gasteiger partial charge on any atom is -0.330 e.